The second kappa shape index (κ2) is 8.65. The zero-order chi connectivity index (χ0) is 19.2. The van der Waals surface area contributed by atoms with E-state index in [1.165, 1.54) is 24.3 Å². The molecule has 0 aliphatic carbocycles. The zero-order valence-corrected chi connectivity index (χ0v) is 15.3. The zero-order valence-electron chi connectivity index (χ0n) is 13.7. The molecule has 27 heavy (non-hydrogen) atoms. The quantitative estimate of drug-likeness (QED) is 0.237. The number of non-ortho nitro benzene ring substituents is 1. The fourth-order valence-electron chi connectivity index (χ4n) is 2.01. The Morgan fingerprint density at radius 1 is 1.15 bits per heavy atom. The summed E-state index contributed by atoms with van der Waals surface area (Å²) >= 11 is 6.88. The van der Waals surface area contributed by atoms with Crippen LogP contribution in [0, 0.1) is 10.1 Å². The normalized spacial score (nSPS) is 10.6. The van der Waals surface area contributed by atoms with Crippen LogP contribution in [0.3, 0.4) is 0 Å². The summed E-state index contributed by atoms with van der Waals surface area (Å²) in [5.41, 5.74) is 0.306. The second-order valence-electron chi connectivity index (χ2n) is 5.22. The standard InChI is InChI=1S/C17H12ClN3O5S/c18-12-3-7-14(8-4-12)25-9-16-19-20-17(26-16)27-10-15(22)11-1-5-13(6-2-11)21(23)24/h1-8H,9-10H2. The lowest BCUT2D eigenvalue weighted by Crippen LogP contribution is -2.02. The third-order valence-electron chi connectivity index (χ3n) is 3.35. The SMILES string of the molecule is O=C(CSc1nnc(COc2ccc(Cl)cc2)o1)c1ccc([N+](=O)[O-])cc1. The number of hydrogen-bond donors (Lipinski definition) is 0. The average molecular weight is 406 g/mol. The van der Waals surface area contributed by atoms with Gasteiger partial charge in [0.05, 0.1) is 10.7 Å². The molecule has 1 aromatic heterocycles. The van der Waals surface area contributed by atoms with Crippen LogP contribution < -0.4 is 4.74 Å². The van der Waals surface area contributed by atoms with Crippen molar-refractivity contribution in [3.8, 4) is 5.75 Å². The Labute approximate surface area is 162 Å². The predicted molar refractivity (Wildman–Crippen MR) is 98.2 cm³/mol. The number of thioether (sulfide) groups is 1. The van der Waals surface area contributed by atoms with Crippen molar-refractivity contribution in [1.82, 2.24) is 10.2 Å². The highest BCUT2D eigenvalue weighted by atomic mass is 35.5. The maximum absolute atomic E-state index is 12.1. The molecular formula is C17H12ClN3O5S. The van der Waals surface area contributed by atoms with Gasteiger partial charge in [0.15, 0.2) is 12.4 Å². The lowest BCUT2D eigenvalue weighted by Gasteiger charge is -2.02. The van der Waals surface area contributed by atoms with Gasteiger partial charge in [-0.2, -0.15) is 0 Å². The molecule has 0 atom stereocenters. The predicted octanol–water partition coefficient (Wildman–Crippen LogP) is 4.19. The molecule has 0 fully saturated rings. The molecule has 8 nitrogen and oxygen atoms in total. The number of Topliss-reactive ketones (excluding diaryl/α,β-unsaturated/α-hetero) is 1. The monoisotopic (exact) mass is 405 g/mol. The molecule has 1 heterocycles. The molecule has 0 N–H and O–H groups in total. The van der Waals surface area contributed by atoms with Crippen LogP contribution in [0.4, 0.5) is 5.69 Å². The van der Waals surface area contributed by atoms with Crippen molar-refractivity contribution in [3.63, 3.8) is 0 Å². The van der Waals surface area contributed by atoms with Crippen LogP contribution in [0.5, 0.6) is 5.75 Å². The first-order valence-corrected chi connectivity index (χ1v) is 8.99. The van der Waals surface area contributed by atoms with Gasteiger partial charge in [0.1, 0.15) is 5.75 Å². The van der Waals surface area contributed by atoms with Crippen molar-refractivity contribution >= 4 is 34.8 Å². The lowest BCUT2D eigenvalue weighted by atomic mass is 10.1. The van der Waals surface area contributed by atoms with Crippen LogP contribution in [0.15, 0.2) is 58.2 Å². The van der Waals surface area contributed by atoms with Crippen LogP contribution >= 0.6 is 23.4 Å². The number of ketones is 1. The maximum atomic E-state index is 12.1. The molecule has 0 aliphatic heterocycles. The number of carbonyl (C=O) groups excluding carboxylic acids is 1. The van der Waals surface area contributed by atoms with E-state index in [0.717, 1.165) is 11.8 Å². The third kappa shape index (κ3) is 5.28. The van der Waals surface area contributed by atoms with E-state index in [1.54, 1.807) is 24.3 Å². The number of carbonyl (C=O) groups is 1. The number of aromatic nitrogens is 2. The van der Waals surface area contributed by atoms with Gasteiger partial charge in [-0.3, -0.25) is 14.9 Å². The fourth-order valence-corrected chi connectivity index (χ4v) is 2.81. The van der Waals surface area contributed by atoms with E-state index in [4.69, 9.17) is 20.8 Å². The number of nitrogens with zero attached hydrogens (tertiary/aromatic N) is 3. The summed E-state index contributed by atoms with van der Waals surface area (Å²) < 4.78 is 10.9. The van der Waals surface area contributed by atoms with E-state index in [0.29, 0.717) is 16.3 Å². The Morgan fingerprint density at radius 3 is 2.52 bits per heavy atom. The molecule has 0 bridgehead atoms. The van der Waals surface area contributed by atoms with Crippen LogP contribution in [0.2, 0.25) is 5.02 Å². The molecule has 0 aliphatic rings. The summed E-state index contributed by atoms with van der Waals surface area (Å²) in [7, 11) is 0. The van der Waals surface area contributed by atoms with E-state index in [9.17, 15) is 14.9 Å². The summed E-state index contributed by atoms with van der Waals surface area (Å²) in [6.45, 7) is 0.0888. The van der Waals surface area contributed by atoms with Gasteiger partial charge < -0.3 is 9.15 Å². The van der Waals surface area contributed by atoms with Crippen molar-refractivity contribution in [2.45, 2.75) is 11.8 Å². The Kier molecular flexibility index (Phi) is 6.05. The van der Waals surface area contributed by atoms with E-state index in [2.05, 4.69) is 10.2 Å². The number of nitro benzene ring substituents is 1. The Bertz CT molecular complexity index is 944. The number of halogens is 1. The first-order valence-electron chi connectivity index (χ1n) is 7.62. The minimum Gasteiger partial charge on any atom is -0.484 e. The topological polar surface area (TPSA) is 108 Å². The van der Waals surface area contributed by atoms with E-state index >= 15 is 0 Å². The highest BCUT2D eigenvalue weighted by Crippen LogP contribution is 2.21. The van der Waals surface area contributed by atoms with Gasteiger partial charge in [-0.05, 0) is 36.4 Å². The van der Waals surface area contributed by atoms with Gasteiger partial charge in [-0.1, -0.05) is 23.4 Å². The van der Waals surface area contributed by atoms with Gasteiger partial charge in [0.25, 0.3) is 16.8 Å². The second-order valence-corrected chi connectivity index (χ2v) is 6.58. The highest BCUT2D eigenvalue weighted by Gasteiger charge is 2.13. The van der Waals surface area contributed by atoms with E-state index in [-0.39, 0.29) is 34.9 Å². The summed E-state index contributed by atoms with van der Waals surface area (Å²) in [4.78, 5) is 22.2. The number of nitro groups is 1. The molecule has 0 amide bonds. The minimum atomic E-state index is -0.519. The summed E-state index contributed by atoms with van der Waals surface area (Å²) in [6.07, 6.45) is 0. The van der Waals surface area contributed by atoms with Crippen LogP contribution in [0.25, 0.3) is 0 Å². The Balaban J connectivity index is 1.50. The smallest absolute Gasteiger partial charge is 0.277 e. The molecule has 0 radical (unpaired) electrons. The maximum Gasteiger partial charge on any atom is 0.277 e. The van der Waals surface area contributed by atoms with Crippen LogP contribution in [-0.2, 0) is 6.61 Å². The van der Waals surface area contributed by atoms with Crippen molar-refractivity contribution in [2.24, 2.45) is 0 Å². The summed E-state index contributed by atoms with van der Waals surface area (Å²) in [5.74, 6) is 0.750. The molecule has 0 spiro atoms. The highest BCUT2D eigenvalue weighted by molar-refractivity contribution is 7.99. The summed E-state index contributed by atoms with van der Waals surface area (Å²) in [6, 6.07) is 12.3. The van der Waals surface area contributed by atoms with Crippen molar-refractivity contribution < 1.29 is 18.9 Å². The first kappa shape index (κ1) is 18.9. The fraction of sp³-hybridized carbons (Fsp3) is 0.118. The van der Waals surface area contributed by atoms with Crippen LogP contribution in [-0.4, -0.2) is 26.7 Å². The van der Waals surface area contributed by atoms with E-state index in [1.807, 2.05) is 0 Å². The van der Waals surface area contributed by atoms with Gasteiger partial charge in [-0.15, -0.1) is 10.2 Å². The Morgan fingerprint density at radius 2 is 1.85 bits per heavy atom. The average Bonchev–Trinajstić information content (AvgIpc) is 3.13. The van der Waals surface area contributed by atoms with E-state index < -0.39 is 4.92 Å². The van der Waals surface area contributed by atoms with Crippen molar-refractivity contribution in [1.29, 1.82) is 0 Å². The molecule has 3 rings (SSSR count). The molecule has 138 valence electrons. The van der Waals surface area contributed by atoms with Gasteiger partial charge in [0.2, 0.25) is 0 Å². The molecular weight excluding hydrogens is 394 g/mol. The number of rotatable bonds is 8. The number of benzene rings is 2. The molecule has 0 saturated carbocycles. The van der Waals surface area contributed by atoms with Gasteiger partial charge in [-0.25, -0.2) is 0 Å². The van der Waals surface area contributed by atoms with Crippen molar-refractivity contribution in [2.75, 3.05) is 5.75 Å². The van der Waals surface area contributed by atoms with Crippen molar-refractivity contribution in [3.05, 3.63) is 75.1 Å². The molecule has 3 aromatic rings. The van der Waals surface area contributed by atoms with Gasteiger partial charge >= 0.3 is 0 Å². The number of hydrogen-bond acceptors (Lipinski definition) is 8. The lowest BCUT2D eigenvalue weighted by molar-refractivity contribution is -0.384. The molecule has 2 aromatic carbocycles. The first-order chi connectivity index (χ1) is 13.0. The van der Waals surface area contributed by atoms with Crippen LogP contribution in [0.1, 0.15) is 16.2 Å². The minimum absolute atomic E-state index is 0.0670. The molecule has 0 unspecified atom stereocenters. The third-order valence-corrected chi connectivity index (χ3v) is 4.42. The Hall–Kier alpha value is -2.91. The molecule has 0 saturated heterocycles. The van der Waals surface area contributed by atoms with Gasteiger partial charge in [0, 0.05) is 22.7 Å². The summed E-state index contributed by atoms with van der Waals surface area (Å²) in [5, 5.41) is 19.2. The molecule has 10 heteroatoms. The largest absolute Gasteiger partial charge is 0.484 e. The number of ether oxygens (including phenoxy) is 1.